The molecule has 8 nitrogen and oxygen atoms in total. The number of nitrogens with zero attached hydrogens (tertiary/aromatic N) is 6. The van der Waals surface area contributed by atoms with Gasteiger partial charge in [0.1, 0.15) is 12.7 Å². The molecule has 132 valence electrons. The van der Waals surface area contributed by atoms with Gasteiger partial charge in [0.25, 0.3) is 5.91 Å². The van der Waals surface area contributed by atoms with E-state index in [-0.39, 0.29) is 11.9 Å². The molecule has 1 fully saturated rings. The van der Waals surface area contributed by atoms with Crippen LogP contribution in [-0.2, 0) is 0 Å². The maximum absolute atomic E-state index is 12.3. The van der Waals surface area contributed by atoms with Gasteiger partial charge in [-0.3, -0.25) is 4.79 Å². The Bertz CT molecular complexity index is 849. The van der Waals surface area contributed by atoms with Crippen molar-refractivity contribution in [2.45, 2.75) is 18.9 Å². The Hall–Kier alpha value is -3.29. The largest absolute Gasteiger partial charge is 0.353 e. The van der Waals surface area contributed by atoms with Crippen LogP contribution in [0.3, 0.4) is 0 Å². The number of nitrogens with one attached hydrogen (secondary N) is 1. The van der Waals surface area contributed by atoms with Crippen molar-refractivity contribution in [3.05, 3.63) is 60.8 Å². The SMILES string of the molecule is O=C(Nc1ccccc1)c1ccc(N2CCCC(n3cncn3)C2)nn1. The average molecular weight is 349 g/mol. The standard InChI is InChI=1S/C18H19N7O/c26-18(21-14-5-2-1-3-6-14)16-8-9-17(23-22-16)24-10-4-7-15(11-24)25-13-19-12-20-25/h1-3,5-6,8-9,12-13,15H,4,7,10-11H2,(H,21,26). The molecule has 1 atom stereocenters. The summed E-state index contributed by atoms with van der Waals surface area (Å²) in [4.78, 5) is 18.5. The molecule has 0 radical (unpaired) electrons. The van der Waals surface area contributed by atoms with Crippen molar-refractivity contribution in [1.82, 2.24) is 25.0 Å². The van der Waals surface area contributed by atoms with Gasteiger partial charge in [0.05, 0.1) is 6.04 Å². The molecule has 4 rings (SSSR count). The van der Waals surface area contributed by atoms with Crippen LogP contribution in [0.15, 0.2) is 55.1 Å². The van der Waals surface area contributed by atoms with Crippen LogP contribution in [0.1, 0.15) is 29.4 Å². The van der Waals surface area contributed by atoms with E-state index in [1.807, 2.05) is 41.1 Å². The lowest BCUT2D eigenvalue weighted by Gasteiger charge is -2.33. The Morgan fingerprint density at radius 3 is 2.73 bits per heavy atom. The molecule has 1 amide bonds. The number of anilines is 2. The first-order valence-corrected chi connectivity index (χ1v) is 8.59. The molecule has 3 heterocycles. The van der Waals surface area contributed by atoms with E-state index in [1.165, 1.54) is 0 Å². The van der Waals surface area contributed by atoms with Gasteiger partial charge in [-0.2, -0.15) is 5.10 Å². The Balaban J connectivity index is 1.43. The second-order valence-corrected chi connectivity index (χ2v) is 6.21. The number of hydrogen-bond donors (Lipinski definition) is 1. The predicted octanol–water partition coefficient (Wildman–Crippen LogP) is 2.16. The molecule has 0 aliphatic carbocycles. The molecule has 3 aromatic rings. The Kier molecular flexibility index (Phi) is 4.55. The Labute approximate surface area is 150 Å². The van der Waals surface area contributed by atoms with Crippen LogP contribution in [0.5, 0.6) is 0 Å². The van der Waals surface area contributed by atoms with Crippen molar-refractivity contribution in [1.29, 1.82) is 0 Å². The second kappa shape index (κ2) is 7.30. The van der Waals surface area contributed by atoms with E-state index < -0.39 is 0 Å². The third kappa shape index (κ3) is 3.53. The van der Waals surface area contributed by atoms with Crippen molar-refractivity contribution < 1.29 is 4.79 Å². The van der Waals surface area contributed by atoms with Gasteiger partial charge in [-0.1, -0.05) is 18.2 Å². The van der Waals surface area contributed by atoms with E-state index >= 15 is 0 Å². The molecule has 0 bridgehead atoms. The first-order chi connectivity index (χ1) is 12.8. The second-order valence-electron chi connectivity index (χ2n) is 6.21. The molecule has 1 saturated heterocycles. The van der Waals surface area contributed by atoms with Crippen LogP contribution >= 0.6 is 0 Å². The Morgan fingerprint density at radius 1 is 1.12 bits per heavy atom. The summed E-state index contributed by atoms with van der Waals surface area (Å²) in [5.41, 5.74) is 1.03. The van der Waals surface area contributed by atoms with Crippen molar-refractivity contribution in [2.24, 2.45) is 0 Å². The van der Waals surface area contributed by atoms with Crippen molar-refractivity contribution in [3.63, 3.8) is 0 Å². The summed E-state index contributed by atoms with van der Waals surface area (Å²) in [6, 6.07) is 13.1. The molecule has 0 saturated carbocycles. The maximum atomic E-state index is 12.3. The number of piperidine rings is 1. The van der Waals surface area contributed by atoms with Gasteiger partial charge in [0.2, 0.25) is 0 Å². The number of hydrogen-bond acceptors (Lipinski definition) is 6. The normalized spacial score (nSPS) is 17.1. The molecule has 0 spiro atoms. The van der Waals surface area contributed by atoms with Crippen LogP contribution in [-0.4, -0.2) is 44.0 Å². The van der Waals surface area contributed by atoms with E-state index in [1.54, 1.807) is 18.7 Å². The summed E-state index contributed by atoms with van der Waals surface area (Å²) in [5.74, 6) is 0.500. The minimum atomic E-state index is -0.269. The number of aromatic nitrogens is 5. The van der Waals surface area contributed by atoms with E-state index in [4.69, 9.17) is 0 Å². The monoisotopic (exact) mass is 349 g/mol. The van der Waals surface area contributed by atoms with Crippen LogP contribution in [0.4, 0.5) is 11.5 Å². The van der Waals surface area contributed by atoms with Gasteiger partial charge in [0.15, 0.2) is 11.5 Å². The highest BCUT2D eigenvalue weighted by molar-refractivity contribution is 6.02. The average Bonchev–Trinajstić information content (AvgIpc) is 3.24. The van der Waals surface area contributed by atoms with Gasteiger partial charge < -0.3 is 10.2 Å². The van der Waals surface area contributed by atoms with E-state index in [0.29, 0.717) is 5.69 Å². The summed E-state index contributed by atoms with van der Waals surface area (Å²) >= 11 is 0. The van der Waals surface area contributed by atoms with Crippen molar-refractivity contribution in [3.8, 4) is 0 Å². The third-order valence-corrected chi connectivity index (χ3v) is 4.45. The topological polar surface area (TPSA) is 88.8 Å². The molecular weight excluding hydrogens is 330 g/mol. The molecule has 2 aromatic heterocycles. The number of benzene rings is 1. The zero-order valence-electron chi connectivity index (χ0n) is 14.2. The fraction of sp³-hybridized carbons (Fsp3) is 0.278. The molecule has 26 heavy (non-hydrogen) atoms. The summed E-state index contributed by atoms with van der Waals surface area (Å²) < 4.78 is 1.89. The summed E-state index contributed by atoms with van der Waals surface area (Å²) in [6.07, 6.45) is 5.41. The molecule has 1 aliphatic rings. The first kappa shape index (κ1) is 16.2. The minimum absolute atomic E-state index is 0.269. The summed E-state index contributed by atoms with van der Waals surface area (Å²) in [5, 5.41) is 15.4. The molecule has 1 unspecified atom stereocenters. The van der Waals surface area contributed by atoms with Crippen molar-refractivity contribution in [2.75, 3.05) is 23.3 Å². The molecule has 1 aromatic carbocycles. The fourth-order valence-corrected chi connectivity index (χ4v) is 3.12. The number of carbonyl (C=O) groups excluding carboxylic acids is 1. The van der Waals surface area contributed by atoms with Crippen LogP contribution < -0.4 is 10.2 Å². The van der Waals surface area contributed by atoms with E-state index in [0.717, 1.165) is 37.4 Å². The zero-order chi connectivity index (χ0) is 17.8. The Morgan fingerprint density at radius 2 is 2.00 bits per heavy atom. The van der Waals surface area contributed by atoms with Crippen LogP contribution in [0.2, 0.25) is 0 Å². The highest BCUT2D eigenvalue weighted by atomic mass is 16.1. The smallest absolute Gasteiger partial charge is 0.276 e. The lowest BCUT2D eigenvalue weighted by atomic mass is 10.1. The number of amides is 1. The molecule has 1 N–H and O–H groups in total. The number of carbonyl (C=O) groups is 1. The highest BCUT2D eigenvalue weighted by Gasteiger charge is 2.23. The van der Waals surface area contributed by atoms with Gasteiger partial charge in [-0.25, -0.2) is 9.67 Å². The summed E-state index contributed by atoms with van der Waals surface area (Å²) in [7, 11) is 0. The van der Waals surface area contributed by atoms with Crippen LogP contribution in [0, 0.1) is 0 Å². The fourth-order valence-electron chi connectivity index (χ4n) is 3.12. The number of para-hydroxylation sites is 1. The summed E-state index contributed by atoms with van der Waals surface area (Å²) in [6.45, 7) is 1.71. The highest BCUT2D eigenvalue weighted by Crippen LogP contribution is 2.24. The first-order valence-electron chi connectivity index (χ1n) is 8.59. The predicted molar refractivity (Wildman–Crippen MR) is 96.9 cm³/mol. The third-order valence-electron chi connectivity index (χ3n) is 4.45. The van der Waals surface area contributed by atoms with Crippen LogP contribution in [0.25, 0.3) is 0 Å². The molecule has 1 aliphatic heterocycles. The molecule has 8 heteroatoms. The van der Waals surface area contributed by atoms with Gasteiger partial charge in [-0.15, -0.1) is 10.2 Å². The minimum Gasteiger partial charge on any atom is -0.353 e. The maximum Gasteiger partial charge on any atom is 0.276 e. The lowest BCUT2D eigenvalue weighted by molar-refractivity contribution is 0.102. The quantitative estimate of drug-likeness (QED) is 0.776. The van der Waals surface area contributed by atoms with Gasteiger partial charge in [-0.05, 0) is 37.1 Å². The van der Waals surface area contributed by atoms with Crippen molar-refractivity contribution >= 4 is 17.4 Å². The van der Waals surface area contributed by atoms with E-state index in [2.05, 4.69) is 30.5 Å². The molecular formula is C18H19N7O. The lowest BCUT2D eigenvalue weighted by Crippen LogP contribution is -2.37. The zero-order valence-corrected chi connectivity index (χ0v) is 14.2. The number of rotatable bonds is 4. The van der Waals surface area contributed by atoms with Gasteiger partial charge in [0, 0.05) is 18.8 Å². The van der Waals surface area contributed by atoms with Gasteiger partial charge >= 0.3 is 0 Å². The van der Waals surface area contributed by atoms with E-state index in [9.17, 15) is 4.79 Å².